The zero-order valence-corrected chi connectivity index (χ0v) is 30.8. The summed E-state index contributed by atoms with van der Waals surface area (Å²) in [6.45, 7) is 12.0. The van der Waals surface area contributed by atoms with Gasteiger partial charge in [-0.1, -0.05) is 53.2 Å². The van der Waals surface area contributed by atoms with Crippen LogP contribution in [0, 0.1) is 50.2 Å². The maximum atomic E-state index is 14.5. The van der Waals surface area contributed by atoms with Gasteiger partial charge in [-0.15, -0.1) is 0 Å². The smallest absolute Gasteiger partial charge is 0.397 e. The van der Waals surface area contributed by atoms with E-state index in [9.17, 15) is 48.1 Å². The second-order valence-electron chi connectivity index (χ2n) is 18.1. The van der Waals surface area contributed by atoms with E-state index in [0.717, 1.165) is 11.9 Å². The summed E-state index contributed by atoms with van der Waals surface area (Å²) in [7, 11) is -4.78. The normalized spacial score (nSPS) is 51.6. The average molecular weight is 729 g/mol. The van der Waals surface area contributed by atoms with Gasteiger partial charge in [0.1, 0.15) is 36.1 Å². The molecule has 0 aromatic carbocycles. The van der Waals surface area contributed by atoms with Crippen molar-refractivity contribution >= 4 is 22.7 Å². The molecule has 0 amide bonds. The van der Waals surface area contributed by atoms with E-state index >= 15 is 0 Å². The lowest BCUT2D eigenvalue weighted by Gasteiger charge is -2.71. The number of allylic oxidation sites excluding steroid dienone is 2. The van der Waals surface area contributed by atoms with Crippen molar-refractivity contribution in [3.05, 3.63) is 11.6 Å². The van der Waals surface area contributed by atoms with Crippen LogP contribution in [0.25, 0.3) is 0 Å². The van der Waals surface area contributed by atoms with Crippen LogP contribution in [-0.4, -0.2) is 100 Å². The molecule has 1 heterocycles. The third-order valence-corrected chi connectivity index (χ3v) is 15.8. The summed E-state index contributed by atoms with van der Waals surface area (Å²) in [5.74, 6) is -1.34. The Morgan fingerprint density at radius 3 is 2.24 bits per heavy atom. The van der Waals surface area contributed by atoms with Crippen LogP contribution in [0.3, 0.4) is 0 Å². The Kier molecular flexibility index (Phi) is 9.39. The molecule has 50 heavy (non-hydrogen) atoms. The number of aldehydes is 1. The van der Waals surface area contributed by atoms with E-state index in [1.165, 1.54) is 0 Å². The number of ether oxygens (including phenoxy) is 2. The fourth-order valence-corrected chi connectivity index (χ4v) is 12.9. The van der Waals surface area contributed by atoms with Gasteiger partial charge >= 0.3 is 16.4 Å². The van der Waals surface area contributed by atoms with Crippen LogP contribution in [0.4, 0.5) is 0 Å². The van der Waals surface area contributed by atoms with Gasteiger partial charge in [0.25, 0.3) is 0 Å². The van der Waals surface area contributed by atoms with Crippen LogP contribution in [0.1, 0.15) is 99.3 Å². The predicted octanol–water partition coefficient (Wildman–Crippen LogP) is 2.47. The number of hydrogen-bond acceptors (Lipinski definition) is 12. The molecule has 0 radical (unpaired) electrons. The second-order valence-corrected chi connectivity index (χ2v) is 19.2. The van der Waals surface area contributed by atoms with E-state index in [-0.39, 0.29) is 35.5 Å². The first-order chi connectivity index (χ1) is 23.0. The predicted molar refractivity (Wildman–Crippen MR) is 177 cm³/mol. The number of hydrogen-bond donors (Lipinski definition) is 6. The van der Waals surface area contributed by atoms with E-state index in [1.807, 2.05) is 0 Å². The van der Waals surface area contributed by atoms with Gasteiger partial charge in [-0.3, -0.25) is 9.35 Å². The molecule has 0 aromatic rings. The van der Waals surface area contributed by atoms with Gasteiger partial charge in [-0.25, -0.2) is 4.18 Å². The molecule has 6 aliphatic rings. The summed E-state index contributed by atoms with van der Waals surface area (Å²) < 4.78 is 49.5. The highest BCUT2D eigenvalue weighted by Gasteiger charge is 2.72. The van der Waals surface area contributed by atoms with E-state index in [1.54, 1.807) is 6.92 Å². The molecule has 0 aromatic heterocycles. The van der Waals surface area contributed by atoms with Gasteiger partial charge in [-0.2, -0.15) is 8.42 Å². The van der Waals surface area contributed by atoms with Crippen molar-refractivity contribution in [3.8, 4) is 0 Å². The molecule has 284 valence electrons. The number of fused-ring (bicyclic) bond motifs is 7. The summed E-state index contributed by atoms with van der Waals surface area (Å²) in [5, 5.41) is 53.4. The largest absolute Gasteiger partial charge is 0.432 e. The topological polar surface area (TPSA) is 217 Å². The molecule has 6 N–H and O–H groups in total. The third-order valence-electron chi connectivity index (χ3n) is 15.3. The monoisotopic (exact) mass is 728 g/mol. The van der Waals surface area contributed by atoms with Crippen molar-refractivity contribution in [2.75, 3.05) is 6.61 Å². The molecule has 13 nitrogen and oxygen atoms in total. The number of esters is 1. The first-order valence-corrected chi connectivity index (χ1v) is 19.4. The molecule has 15 atom stereocenters. The Morgan fingerprint density at radius 1 is 0.940 bits per heavy atom. The lowest BCUT2D eigenvalue weighted by molar-refractivity contribution is -0.299. The molecular formula is C36H56O13S. The Balaban J connectivity index is 1.37. The fourth-order valence-electron chi connectivity index (χ4n) is 12.3. The second kappa shape index (κ2) is 12.3. The highest BCUT2D eigenvalue weighted by atomic mass is 32.3. The lowest BCUT2D eigenvalue weighted by Crippen LogP contribution is -2.68. The van der Waals surface area contributed by atoms with Crippen LogP contribution < -0.4 is 0 Å². The minimum absolute atomic E-state index is 0.0471. The van der Waals surface area contributed by atoms with Gasteiger partial charge in [0.05, 0.1) is 24.2 Å². The number of aliphatic hydroxyl groups is 5. The maximum Gasteiger partial charge on any atom is 0.397 e. The Hall–Kier alpha value is -1.49. The van der Waals surface area contributed by atoms with Crippen molar-refractivity contribution in [3.63, 3.8) is 0 Å². The summed E-state index contributed by atoms with van der Waals surface area (Å²) >= 11 is 0. The number of carbonyl (C=O) groups excluding carboxylic acids is 2. The first kappa shape index (κ1) is 38.2. The SMILES string of the molecule is CC1(C)CC[C@]2(C(=O)O[C@@H]3O[C@H](CO)[C@@H](O)[C@H](O)[C@H]3O)[C@H](O)C[C@]3(C)C(=CC[C@@H]4[C@@]5(C)CC[C@H](OS(=O)(=O)O)[C@@](C)(C=O)[C@@H]5CC[C@]43C)[C@@H]2C1. The van der Waals surface area contributed by atoms with Crippen molar-refractivity contribution in [2.24, 2.45) is 50.2 Å². The van der Waals surface area contributed by atoms with Crippen molar-refractivity contribution in [1.29, 1.82) is 0 Å². The summed E-state index contributed by atoms with van der Waals surface area (Å²) in [6.07, 6.45) is -2.53. The minimum atomic E-state index is -4.78. The summed E-state index contributed by atoms with van der Waals surface area (Å²) in [5.41, 5.74) is -2.95. The fraction of sp³-hybridized carbons (Fsp3) is 0.889. The van der Waals surface area contributed by atoms with E-state index in [2.05, 4.69) is 40.7 Å². The van der Waals surface area contributed by atoms with Gasteiger partial charge in [0.15, 0.2) is 0 Å². The van der Waals surface area contributed by atoms with E-state index < -0.39 is 93.5 Å². The van der Waals surface area contributed by atoms with Gasteiger partial charge in [0.2, 0.25) is 6.29 Å². The lowest BCUT2D eigenvalue weighted by atomic mass is 9.33. The van der Waals surface area contributed by atoms with Crippen molar-refractivity contribution in [2.45, 2.75) is 142 Å². The third kappa shape index (κ3) is 5.40. The molecule has 5 fully saturated rings. The molecule has 0 unspecified atom stereocenters. The Morgan fingerprint density at radius 2 is 1.62 bits per heavy atom. The number of carbonyl (C=O) groups is 2. The van der Waals surface area contributed by atoms with Gasteiger partial charge in [0, 0.05) is 0 Å². The quantitative estimate of drug-likeness (QED) is 0.100. The molecule has 0 spiro atoms. The highest BCUT2D eigenvalue weighted by molar-refractivity contribution is 7.80. The molecule has 4 saturated carbocycles. The Bertz CT molecular complexity index is 1510. The molecule has 1 saturated heterocycles. The standard InChI is InChI=1S/C36H56O13S/c1-31(2)13-14-36(30(43)48-29-28(42)27(41)26(40)21(17-37)47-29)20(15-31)19-7-8-23-32(3)11-10-25(49-50(44,45)46)33(4,18-38)22(32)9-12-34(23,5)35(19,6)16-24(36)39/h7,18,20-29,37,39-42H,8-17H2,1-6H3,(H,44,45,46)/t20-,21+,22+,23+,24+,25-,26+,27-,28+,29-,32-,33-,34+,35+,36+/m0/s1. The summed E-state index contributed by atoms with van der Waals surface area (Å²) in [4.78, 5) is 27.3. The molecule has 6 rings (SSSR count). The molecular weight excluding hydrogens is 672 g/mol. The van der Waals surface area contributed by atoms with Crippen LogP contribution in [0.2, 0.25) is 0 Å². The minimum Gasteiger partial charge on any atom is -0.432 e. The van der Waals surface area contributed by atoms with Crippen LogP contribution in [0.15, 0.2) is 11.6 Å². The van der Waals surface area contributed by atoms with Crippen LogP contribution in [-0.2, 0) is 33.6 Å². The number of aliphatic hydroxyl groups excluding tert-OH is 5. The zero-order chi connectivity index (χ0) is 37.0. The zero-order valence-electron chi connectivity index (χ0n) is 29.9. The molecule has 1 aliphatic heterocycles. The maximum absolute atomic E-state index is 14.5. The average Bonchev–Trinajstić information content (AvgIpc) is 3.02. The Labute approximate surface area is 294 Å². The summed E-state index contributed by atoms with van der Waals surface area (Å²) in [6, 6.07) is 0. The number of rotatable bonds is 6. The van der Waals surface area contributed by atoms with Crippen molar-refractivity contribution < 1.29 is 61.7 Å². The molecule has 5 aliphatic carbocycles. The van der Waals surface area contributed by atoms with E-state index in [4.69, 9.17) is 13.7 Å². The van der Waals surface area contributed by atoms with Gasteiger partial charge in [-0.05, 0) is 97.2 Å². The molecule has 14 heteroatoms. The molecule has 0 bridgehead atoms. The highest BCUT2D eigenvalue weighted by Crippen LogP contribution is 2.76. The van der Waals surface area contributed by atoms with Crippen LogP contribution in [0.5, 0.6) is 0 Å². The van der Waals surface area contributed by atoms with Gasteiger partial charge < -0.3 is 39.8 Å². The van der Waals surface area contributed by atoms with Crippen molar-refractivity contribution in [1.82, 2.24) is 0 Å². The first-order valence-electron chi connectivity index (χ1n) is 18.1. The van der Waals surface area contributed by atoms with Crippen LogP contribution >= 0.6 is 0 Å². The van der Waals surface area contributed by atoms with E-state index in [0.29, 0.717) is 44.9 Å².